The molecule has 11 heteroatoms. The van der Waals surface area contributed by atoms with Gasteiger partial charge in [0.2, 0.25) is 0 Å². The molecule has 0 radical (unpaired) electrons. The van der Waals surface area contributed by atoms with Crippen molar-refractivity contribution < 1.29 is 27.4 Å². The van der Waals surface area contributed by atoms with Crippen molar-refractivity contribution in [3.63, 3.8) is 0 Å². The van der Waals surface area contributed by atoms with Crippen LogP contribution in [0.5, 0.6) is 11.5 Å². The van der Waals surface area contributed by atoms with Crippen LogP contribution in [0.3, 0.4) is 0 Å². The molecule has 2 aromatic carbocycles. The smallest absolute Gasteiger partial charge is 0.410 e. The number of nitrogens with zero attached hydrogens (tertiary/aromatic N) is 4. The lowest BCUT2D eigenvalue weighted by atomic mass is 9.90. The topological polar surface area (TPSA) is 97.4 Å². The van der Waals surface area contributed by atoms with Gasteiger partial charge in [-0.1, -0.05) is 0 Å². The first kappa shape index (κ1) is 27.0. The molecule has 1 fully saturated rings. The molecule has 1 aliphatic rings. The molecule has 0 saturated carbocycles. The summed E-state index contributed by atoms with van der Waals surface area (Å²) in [6.45, 7) is 5.76. The highest BCUT2D eigenvalue weighted by atomic mass is 19.1. The van der Waals surface area contributed by atoms with Gasteiger partial charge in [-0.25, -0.2) is 22.9 Å². The molecule has 4 rings (SSSR count). The van der Waals surface area contributed by atoms with Crippen LogP contribution in [-0.4, -0.2) is 44.9 Å². The number of likely N-dealkylation sites (tertiary alicyclic amines) is 1. The minimum atomic E-state index is -1.57. The average molecular weight is 529 g/mol. The Morgan fingerprint density at radius 1 is 1.16 bits per heavy atom. The van der Waals surface area contributed by atoms with Gasteiger partial charge in [0, 0.05) is 19.6 Å². The predicted molar refractivity (Wildman–Crippen MR) is 133 cm³/mol. The van der Waals surface area contributed by atoms with Crippen LogP contribution in [0.2, 0.25) is 0 Å². The van der Waals surface area contributed by atoms with E-state index in [-0.39, 0.29) is 50.0 Å². The van der Waals surface area contributed by atoms with Crippen LogP contribution in [0.15, 0.2) is 41.5 Å². The fourth-order valence-electron chi connectivity index (χ4n) is 4.20. The Bertz CT molecular complexity index is 1470. The molecule has 1 aliphatic heterocycles. The number of nitriles is 1. The van der Waals surface area contributed by atoms with Crippen molar-refractivity contribution in [2.45, 2.75) is 57.8 Å². The van der Waals surface area contributed by atoms with Gasteiger partial charge < -0.3 is 14.4 Å². The molecular formula is C27H27F3N4O4. The quantitative estimate of drug-likeness (QED) is 0.436. The van der Waals surface area contributed by atoms with Gasteiger partial charge in [-0.15, -0.1) is 0 Å². The molecule has 0 spiro atoms. The number of carbonyl (C=O) groups is 1. The Morgan fingerprint density at radius 2 is 1.84 bits per heavy atom. The van der Waals surface area contributed by atoms with Gasteiger partial charge in [-0.2, -0.15) is 5.26 Å². The number of rotatable bonds is 5. The fourth-order valence-corrected chi connectivity index (χ4v) is 4.20. The molecule has 0 unspecified atom stereocenters. The number of alkyl halides is 1. The number of carbonyl (C=O) groups excluding carboxylic acids is 1. The van der Waals surface area contributed by atoms with Gasteiger partial charge in [0.1, 0.15) is 34.5 Å². The molecule has 2 heterocycles. The summed E-state index contributed by atoms with van der Waals surface area (Å²) in [5.41, 5.74) is -2.94. The number of benzene rings is 2. The monoisotopic (exact) mass is 528 g/mol. The van der Waals surface area contributed by atoms with Crippen LogP contribution in [-0.2, 0) is 11.3 Å². The Balaban J connectivity index is 1.48. The van der Waals surface area contributed by atoms with E-state index in [1.165, 1.54) is 34.0 Å². The number of hydrogen-bond donors (Lipinski definition) is 0. The molecule has 0 aliphatic carbocycles. The van der Waals surface area contributed by atoms with E-state index in [1.807, 2.05) is 0 Å². The zero-order valence-corrected chi connectivity index (χ0v) is 21.3. The van der Waals surface area contributed by atoms with E-state index in [9.17, 15) is 23.6 Å². The highest BCUT2D eigenvalue weighted by molar-refractivity contribution is 5.79. The number of aryl methyl sites for hydroxylation is 1. The molecule has 0 N–H and O–H groups in total. The summed E-state index contributed by atoms with van der Waals surface area (Å²) in [6, 6.07) is 7.44. The maximum absolute atomic E-state index is 15.5. The zero-order chi connectivity index (χ0) is 27.7. The largest absolute Gasteiger partial charge is 0.453 e. The Kier molecular flexibility index (Phi) is 7.35. The minimum Gasteiger partial charge on any atom is -0.453 e. The van der Waals surface area contributed by atoms with Gasteiger partial charge in [0.05, 0.1) is 17.2 Å². The minimum absolute atomic E-state index is 0.00614. The third-order valence-corrected chi connectivity index (χ3v) is 6.30. The summed E-state index contributed by atoms with van der Waals surface area (Å²) in [4.78, 5) is 31.1. The Hall–Kier alpha value is -4.07. The van der Waals surface area contributed by atoms with E-state index >= 15 is 4.39 Å². The molecule has 38 heavy (non-hydrogen) atoms. The number of halogens is 3. The van der Waals surface area contributed by atoms with E-state index in [0.717, 1.165) is 12.1 Å². The molecule has 1 saturated heterocycles. The van der Waals surface area contributed by atoms with E-state index in [2.05, 4.69) is 4.98 Å². The highest BCUT2D eigenvalue weighted by Gasteiger charge is 2.37. The second-order valence-corrected chi connectivity index (χ2v) is 10.2. The third kappa shape index (κ3) is 5.90. The van der Waals surface area contributed by atoms with E-state index in [0.29, 0.717) is 5.52 Å². The van der Waals surface area contributed by atoms with Crippen molar-refractivity contribution in [2.24, 2.45) is 0 Å². The SMILES string of the molecule is CC(C)(C)OC(=O)N1CCC(F)(CCn2cnc3ccc(Oc4c(F)ccc(F)c4C#N)cc3c2=O)CC1. The highest BCUT2D eigenvalue weighted by Crippen LogP contribution is 2.32. The normalized spacial score (nSPS) is 15.2. The van der Waals surface area contributed by atoms with Crippen LogP contribution >= 0.6 is 0 Å². The Labute approximate surface area is 217 Å². The summed E-state index contributed by atoms with van der Waals surface area (Å²) in [7, 11) is 0. The number of amides is 1. The summed E-state index contributed by atoms with van der Waals surface area (Å²) in [6.07, 6.45) is 1.11. The maximum Gasteiger partial charge on any atom is 0.410 e. The Morgan fingerprint density at radius 3 is 2.50 bits per heavy atom. The maximum atomic E-state index is 15.5. The average Bonchev–Trinajstić information content (AvgIpc) is 2.86. The molecule has 3 aromatic rings. The van der Waals surface area contributed by atoms with Crippen LogP contribution in [0.25, 0.3) is 10.9 Å². The first-order chi connectivity index (χ1) is 17.9. The van der Waals surface area contributed by atoms with E-state index < -0.39 is 45.9 Å². The number of ether oxygens (including phenoxy) is 2. The van der Waals surface area contributed by atoms with Crippen molar-refractivity contribution in [3.05, 3.63) is 64.2 Å². The molecule has 200 valence electrons. The molecule has 0 bridgehead atoms. The number of hydrogen-bond acceptors (Lipinski definition) is 6. The van der Waals surface area contributed by atoms with Gasteiger partial charge in [-0.3, -0.25) is 9.36 Å². The standard InChI is InChI=1S/C27H27F3N4O4/c1-26(2,3)38-25(36)33-11-8-27(30,9-12-33)10-13-34-16-32-22-7-4-17(14-18(22)24(34)35)37-23-19(15-31)20(28)5-6-21(23)29/h4-7,14,16H,8-13H2,1-3H3. The first-order valence-electron chi connectivity index (χ1n) is 12.1. The number of piperidine rings is 1. The third-order valence-electron chi connectivity index (χ3n) is 6.30. The van der Waals surface area contributed by atoms with Crippen LogP contribution in [0, 0.1) is 23.0 Å². The number of aromatic nitrogens is 2. The van der Waals surface area contributed by atoms with E-state index in [1.54, 1.807) is 26.8 Å². The van der Waals surface area contributed by atoms with E-state index in [4.69, 9.17) is 9.47 Å². The molecule has 8 nitrogen and oxygen atoms in total. The summed E-state index contributed by atoms with van der Waals surface area (Å²) >= 11 is 0. The van der Waals surface area contributed by atoms with Crippen molar-refractivity contribution in [1.82, 2.24) is 14.5 Å². The second-order valence-electron chi connectivity index (χ2n) is 10.2. The molecule has 1 aromatic heterocycles. The van der Waals surface area contributed by atoms with Crippen molar-refractivity contribution in [3.8, 4) is 17.6 Å². The lowest BCUT2D eigenvalue weighted by Gasteiger charge is -2.37. The fraction of sp³-hybridized carbons (Fsp3) is 0.407. The summed E-state index contributed by atoms with van der Waals surface area (Å²) < 4.78 is 55.7. The van der Waals surface area contributed by atoms with Gasteiger partial charge >= 0.3 is 6.09 Å². The zero-order valence-electron chi connectivity index (χ0n) is 21.3. The second kappa shape index (κ2) is 10.4. The van der Waals surface area contributed by atoms with Gasteiger partial charge in [-0.05, 0) is 70.4 Å². The first-order valence-corrected chi connectivity index (χ1v) is 12.1. The van der Waals surface area contributed by atoms with Crippen molar-refractivity contribution in [1.29, 1.82) is 5.26 Å². The van der Waals surface area contributed by atoms with Crippen molar-refractivity contribution in [2.75, 3.05) is 13.1 Å². The van der Waals surface area contributed by atoms with Crippen LogP contribution in [0.4, 0.5) is 18.0 Å². The molecule has 0 atom stereocenters. The number of fused-ring (bicyclic) bond motifs is 1. The van der Waals surface area contributed by atoms with Gasteiger partial charge in [0.15, 0.2) is 11.6 Å². The van der Waals surface area contributed by atoms with Crippen molar-refractivity contribution >= 4 is 17.0 Å². The summed E-state index contributed by atoms with van der Waals surface area (Å²) in [5, 5.41) is 9.30. The predicted octanol–water partition coefficient (Wildman–Crippen LogP) is 5.47. The molecule has 1 amide bonds. The lowest BCUT2D eigenvalue weighted by molar-refractivity contribution is 0.000520. The summed E-state index contributed by atoms with van der Waals surface area (Å²) in [5.74, 6) is -2.46. The van der Waals surface area contributed by atoms with Crippen LogP contribution < -0.4 is 10.3 Å². The van der Waals surface area contributed by atoms with Gasteiger partial charge in [0.25, 0.3) is 5.56 Å². The molecular weight excluding hydrogens is 501 g/mol. The van der Waals surface area contributed by atoms with Crippen LogP contribution in [0.1, 0.15) is 45.6 Å². The lowest BCUT2D eigenvalue weighted by Crippen LogP contribution is -2.46.